The highest BCUT2D eigenvalue weighted by Crippen LogP contribution is 2.04. The smallest absolute Gasteiger partial charge is 0.0586 e. The Labute approximate surface area is 96.4 Å². The molecule has 16 heavy (non-hydrogen) atoms. The highest BCUT2D eigenvalue weighted by molar-refractivity contribution is 5.02. The van der Waals surface area contributed by atoms with Crippen LogP contribution < -0.4 is 0 Å². The van der Waals surface area contributed by atoms with E-state index < -0.39 is 0 Å². The molecule has 90 valence electrons. The molecule has 0 saturated carbocycles. The molecule has 0 saturated heterocycles. The van der Waals surface area contributed by atoms with Crippen LogP contribution in [0.5, 0.6) is 0 Å². The van der Waals surface area contributed by atoms with Crippen LogP contribution in [-0.4, -0.2) is 33.4 Å². The largest absolute Gasteiger partial charge is 0.396 e. The predicted molar refractivity (Wildman–Crippen MR) is 62.1 cm³/mol. The fourth-order valence-electron chi connectivity index (χ4n) is 1.48. The van der Waals surface area contributed by atoms with E-state index in [4.69, 9.17) is 10.2 Å². The van der Waals surface area contributed by atoms with Gasteiger partial charge in [-0.15, -0.1) is 0 Å². The van der Waals surface area contributed by atoms with Crippen LogP contribution >= 0.6 is 0 Å². The van der Waals surface area contributed by atoms with E-state index in [1.165, 1.54) is 0 Å². The van der Waals surface area contributed by atoms with Gasteiger partial charge in [0.1, 0.15) is 0 Å². The van der Waals surface area contributed by atoms with Crippen molar-refractivity contribution in [2.75, 3.05) is 13.2 Å². The van der Waals surface area contributed by atoms with Crippen molar-refractivity contribution in [3.8, 4) is 0 Å². The maximum atomic E-state index is 8.65. The molecule has 1 aromatic rings. The van der Waals surface area contributed by atoms with Crippen molar-refractivity contribution in [1.82, 2.24) is 9.97 Å². The average Bonchev–Trinajstić information content (AvgIpc) is 2.32. The Kier molecular flexibility index (Phi) is 6.69. The lowest BCUT2D eigenvalue weighted by Gasteiger charge is -2.02. The Morgan fingerprint density at radius 3 is 1.50 bits per heavy atom. The fourth-order valence-corrected chi connectivity index (χ4v) is 1.48. The molecule has 2 N–H and O–H groups in total. The molecule has 1 heterocycles. The summed E-state index contributed by atoms with van der Waals surface area (Å²) in [5.41, 5.74) is 1.97. The van der Waals surface area contributed by atoms with E-state index in [-0.39, 0.29) is 13.2 Å². The van der Waals surface area contributed by atoms with Gasteiger partial charge >= 0.3 is 0 Å². The molecule has 0 amide bonds. The van der Waals surface area contributed by atoms with E-state index >= 15 is 0 Å². The van der Waals surface area contributed by atoms with Gasteiger partial charge in [-0.25, -0.2) is 0 Å². The molecule has 0 bridgehead atoms. The first-order valence-electron chi connectivity index (χ1n) is 5.88. The molecule has 0 aliphatic carbocycles. The number of aromatic nitrogens is 2. The highest BCUT2D eigenvalue weighted by atomic mass is 16.3. The van der Waals surface area contributed by atoms with Gasteiger partial charge in [0.2, 0.25) is 0 Å². The predicted octanol–water partition coefficient (Wildman–Crippen LogP) is 1.11. The molecule has 0 radical (unpaired) electrons. The lowest BCUT2D eigenvalue weighted by molar-refractivity contribution is 0.284. The van der Waals surface area contributed by atoms with Crippen molar-refractivity contribution in [2.24, 2.45) is 0 Å². The third kappa shape index (κ3) is 5.19. The zero-order valence-corrected chi connectivity index (χ0v) is 9.60. The van der Waals surface area contributed by atoms with Crippen LogP contribution in [0.25, 0.3) is 0 Å². The summed E-state index contributed by atoms with van der Waals surface area (Å²) in [6.07, 6.45) is 8.93. The molecule has 1 aromatic heterocycles. The summed E-state index contributed by atoms with van der Waals surface area (Å²) in [6, 6.07) is 0. The molecule has 1 rings (SSSR count). The van der Waals surface area contributed by atoms with Crippen LogP contribution in [0.3, 0.4) is 0 Å². The third-order valence-corrected chi connectivity index (χ3v) is 2.44. The summed E-state index contributed by atoms with van der Waals surface area (Å²) in [4.78, 5) is 8.65. The molecule has 4 heteroatoms. The Bertz CT molecular complexity index is 246. The minimum atomic E-state index is 0.243. The van der Waals surface area contributed by atoms with Crippen LogP contribution in [0.2, 0.25) is 0 Å². The zero-order valence-electron chi connectivity index (χ0n) is 9.60. The van der Waals surface area contributed by atoms with Crippen molar-refractivity contribution in [1.29, 1.82) is 0 Å². The molecule has 4 nitrogen and oxygen atoms in total. The van der Waals surface area contributed by atoms with Gasteiger partial charge in [-0.05, 0) is 38.5 Å². The van der Waals surface area contributed by atoms with Gasteiger partial charge < -0.3 is 10.2 Å². The summed E-state index contributed by atoms with van der Waals surface area (Å²) in [5.74, 6) is 0. The van der Waals surface area contributed by atoms with Crippen molar-refractivity contribution >= 4 is 0 Å². The summed E-state index contributed by atoms with van der Waals surface area (Å²) >= 11 is 0. The SMILES string of the molecule is OCCCCc1cnc(CCCCO)cn1. The van der Waals surface area contributed by atoms with Gasteiger partial charge in [-0.1, -0.05) is 0 Å². The van der Waals surface area contributed by atoms with Crippen molar-refractivity contribution in [3.05, 3.63) is 23.8 Å². The van der Waals surface area contributed by atoms with E-state index in [1.807, 2.05) is 12.4 Å². The number of hydrogen-bond acceptors (Lipinski definition) is 4. The molecule has 0 atom stereocenters. The van der Waals surface area contributed by atoms with Gasteiger partial charge in [0.05, 0.1) is 11.4 Å². The standard InChI is InChI=1S/C12H20N2O2/c15-7-3-1-5-11-9-14-12(10-13-11)6-2-4-8-16/h9-10,15-16H,1-8H2. The molecule has 0 fully saturated rings. The molecule has 0 aromatic carbocycles. The molecular formula is C12H20N2O2. The van der Waals surface area contributed by atoms with Crippen LogP contribution in [0.1, 0.15) is 37.1 Å². The first kappa shape index (κ1) is 13.1. The Hall–Kier alpha value is -1.00. The number of aryl methyl sites for hydroxylation is 2. The second kappa shape index (κ2) is 8.19. The average molecular weight is 224 g/mol. The van der Waals surface area contributed by atoms with E-state index in [0.29, 0.717) is 0 Å². The number of aliphatic hydroxyl groups excluding tert-OH is 2. The molecule has 0 spiro atoms. The second-order valence-corrected chi connectivity index (χ2v) is 3.86. The Balaban J connectivity index is 2.30. The summed E-state index contributed by atoms with van der Waals surface area (Å²) < 4.78 is 0. The van der Waals surface area contributed by atoms with Crippen LogP contribution in [0, 0.1) is 0 Å². The molecular weight excluding hydrogens is 204 g/mol. The lowest BCUT2D eigenvalue weighted by atomic mass is 10.2. The third-order valence-electron chi connectivity index (χ3n) is 2.44. The van der Waals surface area contributed by atoms with Gasteiger partial charge in [0.25, 0.3) is 0 Å². The number of aliphatic hydroxyl groups is 2. The second-order valence-electron chi connectivity index (χ2n) is 3.86. The summed E-state index contributed by atoms with van der Waals surface area (Å²) in [7, 11) is 0. The molecule has 0 unspecified atom stereocenters. The van der Waals surface area contributed by atoms with E-state index in [1.54, 1.807) is 0 Å². The quantitative estimate of drug-likeness (QED) is 0.649. The van der Waals surface area contributed by atoms with Gasteiger partial charge in [-0.2, -0.15) is 0 Å². The van der Waals surface area contributed by atoms with E-state index in [0.717, 1.165) is 49.9 Å². The lowest BCUT2D eigenvalue weighted by Crippen LogP contribution is -1.98. The summed E-state index contributed by atoms with van der Waals surface area (Å²) in [6.45, 7) is 0.485. The number of nitrogens with zero attached hydrogens (tertiary/aromatic N) is 2. The van der Waals surface area contributed by atoms with Crippen LogP contribution in [-0.2, 0) is 12.8 Å². The monoisotopic (exact) mass is 224 g/mol. The number of rotatable bonds is 8. The van der Waals surface area contributed by atoms with E-state index in [2.05, 4.69) is 9.97 Å². The zero-order chi connectivity index (χ0) is 11.6. The maximum Gasteiger partial charge on any atom is 0.0586 e. The highest BCUT2D eigenvalue weighted by Gasteiger charge is 1.98. The topological polar surface area (TPSA) is 66.2 Å². The van der Waals surface area contributed by atoms with Crippen LogP contribution in [0.4, 0.5) is 0 Å². The Morgan fingerprint density at radius 2 is 1.19 bits per heavy atom. The van der Waals surface area contributed by atoms with Crippen LogP contribution in [0.15, 0.2) is 12.4 Å². The maximum absolute atomic E-state index is 8.65. The van der Waals surface area contributed by atoms with Gasteiger partial charge in [0.15, 0.2) is 0 Å². The van der Waals surface area contributed by atoms with Crippen molar-refractivity contribution in [2.45, 2.75) is 38.5 Å². The number of hydrogen-bond donors (Lipinski definition) is 2. The number of unbranched alkanes of at least 4 members (excludes halogenated alkanes) is 2. The Morgan fingerprint density at radius 1 is 0.750 bits per heavy atom. The normalized spacial score (nSPS) is 10.6. The van der Waals surface area contributed by atoms with Crippen molar-refractivity contribution < 1.29 is 10.2 Å². The molecule has 0 aliphatic heterocycles. The van der Waals surface area contributed by atoms with Gasteiger partial charge in [-0.3, -0.25) is 9.97 Å². The van der Waals surface area contributed by atoms with E-state index in [9.17, 15) is 0 Å². The minimum absolute atomic E-state index is 0.243. The molecule has 0 aliphatic rings. The first-order chi connectivity index (χ1) is 7.86. The summed E-state index contributed by atoms with van der Waals surface area (Å²) in [5, 5.41) is 17.3. The first-order valence-corrected chi connectivity index (χ1v) is 5.88. The fraction of sp³-hybridized carbons (Fsp3) is 0.667. The van der Waals surface area contributed by atoms with Gasteiger partial charge in [0, 0.05) is 25.6 Å². The minimum Gasteiger partial charge on any atom is -0.396 e. The van der Waals surface area contributed by atoms with Crippen molar-refractivity contribution in [3.63, 3.8) is 0 Å².